The van der Waals surface area contributed by atoms with Crippen LogP contribution in [-0.2, 0) is 0 Å². The Morgan fingerprint density at radius 1 is 1.47 bits per heavy atom. The summed E-state index contributed by atoms with van der Waals surface area (Å²) in [4.78, 5) is 2.69. The lowest BCUT2D eigenvalue weighted by atomic mass is 10.1. The minimum Gasteiger partial charge on any atom is -0.320 e. The second-order valence-corrected chi connectivity index (χ2v) is 6.13. The van der Waals surface area contributed by atoms with Gasteiger partial charge >= 0.3 is 0 Å². The average molecular weight is 230 g/mol. The first-order valence-electron chi connectivity index (χ1n) is 6.18. The first-order chi connectivity index (χ1) is 7.16. The third-order valence-electron chi connectivity index (χ3n) is 3.55. The van der Waals surface area contributed by atoms with Crippen LogP contribution in [-0.4, -0.2) is 48.1 Å². The Morgan fingerprint density at radius 2 is 2.20 bits per heavy atom. The van der Waals surface area contributed by atoms with E-state index >= 15 is 0 Å². The van der Waals surface area contributed by atoms with Crippen LogP contribution in [0.4, 0.5) is 0 Å². The molecular formula is C12H26N2S. The number of nitrogens with one attached hydrogen (secondary N) is 1. The van der Waals surface area contributed by atoms with E-state index in [4.69, 9.17) is 0 Å². The molecule has 1 aliphatic rings. The molecule has 1 fully saturated rings. The van der Waals surface area contributed by atoms with Gasteiger partial charge in [0, 0.05) is 29.6 Å². The fourth-order valence-corrected chi connectivity index (χ4v) is 3.44. The van der Waals surface area contributed by atoms with Crippen molar-refractivity contribution in [3.05, 3.63) is 0 Å². The predicted molar refractivity (Wildman–Crippen MR) is 70.7 cm³/mol. The SMILES string of the molecule is CNCCCC(C)N1CCSC(C)C1C. The molecule has 3 heteroatoms. The topological polar surface area (TPSA) is 15.3 Å². The maximum atomic E-state index is 3.22. The molecule has 1 heterocycles. The number of rotatable bonds is 5. The summed E-state index contributed by atoms with van der Waals surface area (Å²) >= 11 is 2.12. The van der Waals surface area contributed by atoms with Gasteiger partial charge in [-0.2, -0.15) is 11.8 Å². The summed E-state index contributed by atoms with van der Waals surface area (Å²) < 4.78 is 0. The van der Waals surface area contributed by atoms with Crippen molar-refractivity contribution in [2.45, 2.75) is 50.9 Å². The van der Waals surface area contributed by atoms with Crippen LogP contribution in [0.2, 0.25) is 0 Å². The van der Waals surface area contributed by atoms with Crippen molar-refractivity contribution in [2.75, 3.05) is 25.9 Å². The average Bonchev–Trinajstić information content (AvgIpc) is 2.22. The first-order valence-corrected chi connectivity index (χ1v) is 7.23. The Hall–Kier alpha value is 0.270. The molecule has 3 unspecified atom stereocenters. The molecule has 0 amide bonds. The van der Waals surface area contributed by atoms with Gasteiger partial charge in [0.25, 0.3) is 0 Å². The summed E-state index contributed by atoms with van der Waals surface area (Å²) in [6.45, 7) is 9.55. The normalized spacial score (nSPS) is 30.4. The van der Waals surface area contributed by atoms with Gasteiger partial charge < -0.3 is 5.32 Å². The molecule has 2 nitrogen and oxygen atoms in total. The van der Waals surface area contributed by atoms with E-state index in [0.29, 0.717) is 0 Å². The quantitative estimate of drug-likeness (QED) is 0.729. The van der Waals surface area contributed by atoms with Gasteiger partial charge in [0.1, 0.15) is 0 Å². The van der Waals surface area contributed by atoms with Gasteiger partial charge in [0.2, 0.25) is 0 Å². The highest BCUT2D eigenvalue weighted by atomic mass is 32.2. The fraction of sp³-hybridized carbons (Fsp3) is 1.00. The van der Waals surface area contributed by atoms with Gasteiger partial charge in [0.15, 0.2) is 0 Å². The van der Waals surface area contributed by atoms with Crippen molar-refractivity contribution in [3.8, 4) is 0 Å². The van der Waals surface area contributed by atoms with Crippen molar-refractivity contribution in [1.29, 1.82) is 0 Å². The van der Waals surface area contributed by atoms with Crippen LogP contribution in [0.25, 0.3) is 0 Å². The minimum absolute atomic E-state index is 0.744. The van der Waals surface area contributed by atoms with Gasteiger partial charge in [0.05, 0.1) is 0 Å². The molecule has 15 heavy (non-hydrogen) atoms. The van der Waals surface area contributed by atoms with Crippen LogP contribution in [0.5, 0.6) is 0 Å². The van der Waals surface area contributed by atoms with Gasteiger partial charge in [-0.15, -0.1) is 0 Å². The van der Waals surface area contributed by atoms with Crippen molar-refractivity contribution >= 4 is 11.8 Å². The summed E-state index contributed by atoms with van der Waals surface area (Å²) in [6.07, 6.45) is 2.62. The van der Waals surface area contributed by atoms with Gasteiger partial charge in [-0.05, 0) is 40.3 Å². The van der Waals surface area contributed by atoms with E-state index in [1.165, 1.54) is 25.1 Å². The zero-order valence-electron chi connectivity index (χ0n) is 10.6. The largest absolute Gasteiger partial charge is 0.320 e. The molecular weight excluding hydrogens is 204 g/mol. The van der Waals surface area contributed by atoms with E-state index in [0.717, 1.165) is 23.9 Å². The van der Waals surface area contributed by atoms with Crippen LogP contribution in [0.1, 0.15) is 33.6 Å². The van der Waals surface area contributed by atoms with Crippen molar-refractivity contribution in [3.63, 3.8) is 0 Å². The monoisotopic (exact) mass is 230 g/mol. The zero-order valence-corrected chi connectivity index (χ0v) is 11.4. The Labute approximate surface area is 99.2 Å². The van der Waals surface area contributed by atoms with Crippen molar-refractivity contribution in [1.82, 2.24) is 10.2 Å². The highest BCUT2D eigenvalue weighted by Crippen LogP contribution is 2.26. The molecule has 0 aromatic carbocycles. The van der Waals surface area contributed by atoms with Gasteiger partial charge in [-0.25, -0.2) is 0 Å². The van der Waals surface area contributed by atoms with Crippen LogP contribution < -0.4 is 5.32 Å². The summed E-state index contributed by atoms with van der Waals surface area (Å²) in [7, 11) is 2.03. The summed E-state index contributed by atoms with van der Waals surface area (Å²) in [5, 5.41) is 4.02. The molecule has 0 bridgehead atoms. The standard InChI is InChI=1S/C12H26N2S/c1-10(6-5-7-13-4)14-8-9-15-12(3)11(14)2/h10-13H,5-9H2,1-4H3. The molecule has 0 spiro atoms. The Bertz CT molecular complexity index is 175. The summed E-state index contributed by atoms with van der Waals surface area (Å²) in [5.74, 6) is 1.31. The lowest BCUT2D eigenvalue weighted by Gasteiger charge is -2.41. The van der Waals surface area contributed by atoms with Gasteiger partial charge in [-0.3, -0.25) is 4.90 Å². The molecule has 1 aliphatic heterocycles. The van der Waals surface area contributed by atoms with Crippen LogP contribution >= 0.6 is 11.8 Å². The predicted octanol–water partition coefficient (Wildman–Crippen LogP) is 2.20. The molecule has 0 aliphatic carbocycles. The third-order valence-corrected chi connectivity index (χ3v) is 4.89. The Morgan fingerprint density at radius 3 is 2.87 bits per heavy atom. The fourth-order valence-electron chi connectivity index (χ4n) is 2.32. The van der Waals surface area contributed by atoms with E-state index in [1.54, 1.807) is 0 Å². The van der Waals surface area contributed by atoms with Crippen molar-refractivity contribution < 1.29 is 0 Å². The maximum Gasteiger partial charge on any atom is 0.0186 e. The number of hydrogen-bond donors (Lipinski definition) is 1. The lowest BCUT2D eigenvalue weighted by molar-refractivity contribution is 0.148. The molecule has 0 aromatic rings. The molecule has 3 atom stereocenters. The smallest absolute Gasteiger partial charge is 0.0186 e. The van der Waals surface area contributed by atoms with E-state index in [2.05, 4.69) is 42.7 Å². The highest BCUT2D eigenvalue weighted by molar-refractivity contribution is 8.00. The molecule has 1 rings (SSSR count). The van der Waals surface area contributed by atoms with E-state index in [9.17, 15) is 0 Å². The van der Waals surface area contributed by atoms with Crippen LogP contribution in [0.15, 0.2) is 0 Å². The van der Waals surface area contributed by atoms with Crippen molar-refractivity contribution in [2.24, 2.45) is 0 Å². The molecule has 0 saturated carbocycles. The zero-order chi connectivity index (χ0) is 11.3. The van der Waals surface area contributed by atoms with Crippen LogP contribution in [0.3, 0.4) is 0 Å². The maximum absolute atomic E-state index is 3.22. The van der Waals surface area contributed by atoms with E-state index < -0.39 is 0 Å². The van der Waals surface area contributed by atoms with E-state index in [-0.39, 0.29) is 0 Å². The number of hydrogen-bond acceptors (Lipinski definition) is 3. The number of nitrogens with zero attached hydrogens (tertiary/aromatic N) is 1. The second-order valence-electron chi connectivity index (χ2n) is 4.65. The third kappa shape index (κ3) is 3.97. The minimum atomic E-state index is 0.744. The second kappa shape index (κ2) is 6.77. The number of thioether (sulfide) groups is 1. The molecule has 90 valence electrons. The van der Waals surface area contributed by atoms with Gasteiger partial charge in [-0.1, -0.05) is 6.92 Å². The summed E-state index contributed by atoms with van der Waals surface area (Å²) in [5.41, 5.74) is 0. The first kappa shape index (κ1) is 13.3. The Balaban J connectivity index is 2.33. The molecule has 1 N–H and O–H groups in total. The van der Waals surface area contributed by atoms with E-state index in [1.807, 2.05) is 7.05 Å². The van der Waals surface area contributed by atoms with Crippen LogP contribution in [0, 0.1) is 0 Å². The Kier molecular flexibility index (Phi) is 6.02. The highest BCUT2D eigenvalue weighted by Gasteiger charge is 2.27. The molecule has 0 aromatic heterocycles. The molecule has 0 radical (unpaired) electrons. The lowest BCUT2D eigenvalue weighted by Crippen LogP contribution is -2.49. The molecule has 1 saturated heterocycles. The summed E-state index contributed by atoms with van der Waals surface area (Å²) in [6, 6.07) is 1.49.